The Labute approximate surface area is 176 Å². The zero-order valence-electron chi connectivity index (χ0n) is 17.3. The summed E-state index contributed by atoms with van der Waals surface area (Å²) in [6, 6.07) is 9.49. The van der Waals surface area contributed by atoms with Gasteiger partial charge in [0, 0.05) is 48.7 Å². The number of hydrogen-bond acceptors (Lipinski definition) is 5. The maximum Gasteiger partial charge on any atom is 0.261 e. The Hall–Kier alpha value is -3.21. The van der Waals surface area contributed by atoms with Gasteiger partial charge in [-0.15, -0.1) is 0 Å². The molecule has 0 aliphatic carbocycles. The highest BCUT2D eigenvalue weighted by molar-refractivity contribution is 6.08. The Kier molecular flexibility index (Phi) is 6.07. The predicted octanol–water partition coefficient (Wildman–Crippen LogP) is 2.67. The Bertz CT molecular complexity index is 1100. The number of aromatic nitrogens is 3. The van der Waals surface area contributed by atoms with Crippen LogP contribution >= 0.6 is 0 Å². The molecule has 7 heteroatoms. The van der Waals surface area contributed by atoms with Crippen molar-refractivity contribution in [3.63, 3.8) is 0 Å². The van der Waals surface area contributed by atoms with Crippen molar-refractivity contribution in [1.82, 2.24) is 19.5 Å². The second kappa shape index (κ2) is 9.08. The molecule has 7 nitrogen and oxygen atoms in total. The molecule has 1 saturated heterocycles. The van der Waals surface area contributed by atoms with Gasteiger partial charge in [-0.1, -0.05) is 11.8 Å². The molecule has 1 fully saturated rings. The van der Waals surface area contributed by atoms with E-state index in [1.807, 2.05) is 44.2 Å². The number of carbonyl (C=O) groups is 1. The third-order valence-electron chi connectivity index (χ3n) is 5.05. The largest absolute Gasteiger partial charge is 0.379 e. The van der Waals surface area contributed by atoms with E-state index in [1.54, 1.807) is 10.7 Å². The predicted molar refractivity (Wildman–Crippen MR) is 116 cm³/mol. The maximum atomic E-state index is 12.7. The number of ether oxygens (including phenoxy) is 1. The van der Waals surface area contributed by atoms with Crippen molar-refractivity contribution >= 4 is 17.2 Å². The van der Waals surface area contributed by atoms with Gasteiger partial charge in [-0.05, 0) is 44.2 Å². The van der Waals surface area contributed by atoms with Crippen molar-refractivity contribution in [2.45, 2.75) is 20.3 Å². The number of nitrogens with zero attached hydrogens (tertiary/aromatic N) is 4. The molecule has 1 N–H and O–H groups in total. The minimum absolute atomic E-state index is 0.230. The van der Waals surface area contributed by atoms with E-state index in [2.05, 4.69) is 32.1 Å². The normalized spacial score (nSPS) is 14.3. The van der Waals surface area contributed by atoms with Crippen LogP contribution in [0.3, 0.4) is 0 Å². The minimum atomic E-state index is -0.230. The average Bonchev–Trinajstić information content (AvgIpc) is 3.17. The van der Waals surface area contributed by atoms with E-state index >= 15 is 0 Å². The van der Waals surface area contributed by atoms with Crippen molar-refractivity contribution < 1.29 is 9.53 Å². The van der Waals surface area contributed by atoms with Crippen molar-refractivity contribution in [1.29, 1.82) is 0 Å². The molecule has 0 bridgehead atoms. The lowest BCUT2D eigenvalue weighted by Crippen LogP contribution is -2.36. The number of aryl methyl sites for hydroxylation is 2. The summed E-state index contributed by atoms with van der Waals surface area (Å²) in [5, 5.41) is 7.19. The summed E-state index contributed by atoms with van der Waals surface area (Å²) >= 11 is 0. The average molecular weight is 403 g/mol. The molecule has 3 aromatic rings. The standard InChI is InChI=1S/C23H25N5O2/c1-17-15-18(2)28-22(25-17)21(16-24-28)23(29)26-20-8-6-19(7-9-20)5-3-4-10-27-11-13-30-14-12-27/h6-9,15-16H,4,10-14H2,1-2H3,(H,26,29). The van der Waals surface area contributed by atoms with Gasteiger partial charge in [-0.3, -0.25) is 9.69 Å². The van der Waals surface area contributed by atoms with Gasteiger partial charge in [0.05, 0.1) is 19.4 Å². The molecular formula is C23H25N5O2. The summed E-state index contributed by atoms with van der Waals surface area (Å²) in [5.74, 6) is 6.18. The molecule has 1 aliphatic rings. The molecule has 0 spiro atoms. The van der Waals surface area contributed by atoms with E-state index in [0.29, 0.717) is 16.9 Å². The summed E-state index contributed by atoms with van der Waals surface area (Å²) in [5.41, 5.74) is 4.45. The van der Waals surface area contributed by atoms with Crippen LogP contribution in [0.1, 0.15) is 33.7 Å². The zero-order chi connectivity index (χ0) is 20.9. The number of hydrogen-bond donors (Lipinski definition) is 1. The third kappa shape index (κ3) is 4.67. The highest BCUT2D eigenvalue weighted by atomic mass is 16.5. The highest BCUT2D eigenvalue weighted by Gasteiger charge is 2.15. The number of carbonyl (C=O) groups excluding carboxylic acids is 1. The lowest BCUT2D eigenvalue weighted by Gasteiger charge is -2.25. The first-order valence-electron chi connectivity index (χ1n) is 10.1. The fourth-order valence-corrected chi connectivity index (χ4v) is 3.47. The van der Waals surface area contributed by atoms with E-state index in [4.69, 9.17) is 4.74 Å². The first-order chi connectivity index (χ1) is 14.6. The molecule has 2 aromatic heterocycles. The second-order valence-electron chi connectivity index (χ2n) is 7.37. The van der Waals surface area contributed by atoms with Crippen LogP contribution in [-0.2, 0) is 4.74 Å². The lowest BCUT2D eigenvalue weighted by atomic mass is 10.2. The van der Waals surface area contributed by atoms with Gasteiger partial charge >= 0.3 is 0 Å². The van der Waals surface area contributed by atoms with Gasteiger partial charge < -0.3 is 10.1 Å². The van der Waals surface area contributed by atoms with Crippen LogP contribution in [-0.4, -0.2) is 58.3 Å². The molecule has 0 unspecified atom stereocenters. The van der Waals surface area contributed by atoms with Crippen molar-refractivity contribution in [2.75, 3.05) is 38.2 Å². The first-order valence-corrected chi connectivity index (χ1v) is 10.1. The second-order valence-corrected chi connectivity index (χ2v) is 7.37. The number of benzene rings is 1. The van der Waals surface area contributed by atoms with Crippen LogP contribution < -0.4 is 5.32 Å². The molecule has 0 saturated carbocycles. The summed E-state index contributed by atoms with van der Waals surface area (Å²) in [7, 11) is 0. The van der Waals surface area contributed by atoms with Crippen LogP contribution in [0.2, 0.25) is 0 Å². The van der Waals surface area contributed by atoms with E-state index in [1.165, 1.54) is 0 Å². The topological polar surface area (TPSA) is 71.8 Å². The zero-order valence-corrected chi connectivity index (χ0v) is 17.3. The summed E-state index contributed by atoms with van der Waals surface area (Å²) < 4.78 is 7.03. The smallest absolute Gasteiger partial charge is 0.261 e. The Balaban J connectivity index is 1.37. The molecule has 154 valence electrons. The lowest BCUT2D eigenvalue weighted by molar-refractivity contribution is 0.0390. The van der Waals surface area contributed by atoms with E-state index < -0.39 is 0 Å². The highest BCUT2D eigenvalue weighted by Crippen LogP contribution is 2.15. The van der Waals surface area contributed by atoms with Crippen LogP contribution in [0, 0.1) is 25.7 Å². The maximum absolute atomic E-state index is 12.7. The van der Waals surface area contributed by atoms with Gasteiger partial charge in [0.25, 0.3) is 5.91 Å². The van der Waals surface area contributed by atoms with Crippen LogP contribution in [0.25, 0.3) is 5.65 Å². The van der Waals surface area contributed by atoms with E-state index in [-0.39, 0.29) is 5.91 Å². The van der Waals surface area contributed by atoms with Crippen molar-refractivity contribution in [3.8, 4) is 11.8 Å². The quantitative estimate of drug-likeness (QED) is 0.678. The molecule has 0 radical (unpaired) electrons. The van der Waals surface area contributed by atoms with Crippen LogP contribution in [0.15, 0.2) is 36.5 Å². The van der Waals surface area contributed by atoms with Gasteiger partial charge in [-0.25, -0.2) is 9.50 Å². The molecule has 1 aliphatic heterocycles. The summed E-state index contributed by atoms with van der Waals surface area (Å²) in [4.78, 5) is 19.5. The fourth-order valence-electron chi connectivity index (χ4n) is 3.47. The first kappa shape index (κ1) is 20.1. The molecule has 30 heavy (non-hydrogen) atoms. The molecule has 4 rings (SSSR count). The molecular weight excluding hydrogens is 378 g/mol. The molecule has 1 amide bonds. The van der Waals surface area contributed by atoms with E-state index in [0.717, 1.165) is 56.2 Å². The SMILES string of the molecule is Cc1cc(C)n2ncc(C(=O)Nc3ccc(C#CCCN4CCOCC4)cc3)c2n1. The third-order valence-corrected chi connectivity index (χ3v) is 5.05. The molecule has 1 aromatic carbocycles. The number of nitrogens with one attached hydrogen (secondary N) is 1. The van der Waals surface area contributed by atoms with Crippen molar-refractivity contribution in [2.24, 2.45) is 0 Å². The number of anilines is 1. The number of morpholine rings is 1. The Morgan fingerprint density at radius 1 is 1.20 bits per heavy atom. The molecule has 0 atom stereocenters. The summed E-state index contributed by atoms with van der Waals surface area (Å²) in [6.45, 7) is 8.40. The molecule has 3 heterocycles. The van der Waals surface area contributed by atoms with Crippen LogP contribution in [0.4, 0.5) is 5.69 Å². The minimum Gasteiger partial charge on any atom is -0.379 e. The number of amides is 1. The van der Waals surface area contributed by atoms with Crippen molar-refractivity contribution in [3.05, 3.63) is 59.0 Å². The Morgan fingerprint density at radius 3 is 2.73 bits per heavy atom. The van der Waals surface area contributed by atoms with Gasteiger partial charge in [-0.2, -0.15) is 5.10 Å². The Morgan fingerprint density at radius 2 is 1.97 bits per heavy atom. The fraction of sp³-hybridized carbons (Fsp3) is 0.348. The van der Waals surface area contributed by atoms with Gasteiger partial charge in [0.15, 0.2) is 5.65 Å². The van der Waals surface area contributed by atoms with E-state index in [9.17, 15) is 4.79 Å². The van der Waals surface area contributed by atoms with Gasteiger partial charge in [0.1, 0.15) is 5.56 Å². The van der Waals surface area contributed by atoms with Crippen LogP contribution in [0.5, 0.6) is 0 Å². The number of rotatable bonds is 4. The summed E-state index contributed by atoms with van der Waals surface area (Å²) in [6.07, 6.45) is 2.39. The number of fused-ring (bicyclic) bond motifs is 1. The monoisotopic (exact) mass is 403 g/mol. The van der Waals surface area contributed by atoms with Gasteiger partial charge in [0.2, 0.25) is 0 Å².